The van der Waals surface area contributed by atoms with Crippen LogP contribution in [0.4, 0.5) is 8.78 Å². The Hall–Kier alpha value is -1.07. The molecule has 2 nitrogen and oxygen atoms in total. The maximum atomic E-state index is 13.4. The third-order valence-corrected chi connectivity index (χ3v) is 2.96. The fourth-order valence-electron chi connectivity index (χ4n) is 1.58. The van der Waals surface area contributed by atoms with Crippen molar-refractivity contribution in [1.82, 2.24) is 4.90 Å². The molecule has 0 saturated heterocycles. The number of nitrogens with zero attached hydrogens (tertiary/aromatic N) is 1. The van der Waals surface area contributed by atoms with E-state index in [-0.39, 0.29) is 18.0 Å². The summed E-state index contributed by atoms with van der Waals surface area (Å²) in [5.41, 5.74) is 5.57. The van der Waals surface area contributed by atoms with Crippen LogP contribution in [0.5, 0.6) is 0 Å². The molecule has 1 atom stereocenters. The predicted octanol–water partition coefficient (Wildman–Crippen LogP) is 2.32. The van der Waals surface area contributed by atoms with Gasteiger partial charge in [0.25, 0.3) is 0 Å². The van der Waals surface area contributed by atoms with Crippen molar-refractivity contribution in [3.05, 3.63) is 35.4 Å². The van der Waals surface area contributed by atoms with Crippen LogP contribution < -0.4 is 5.73 Å². The van der Waals surface area contributed by atoms with E-state index in [1.54, 1.807) is 11.9 Å². The molecule has 2 N–H and O–H groups in total. The highest BCUT2D eigenvalue weighted by Gasteiger charge is 2.13. The van der Waals surface area contributed by atoms with Gasteiger partial charge in [-0.3, -0.25) is 0 Å². The van der Waals surface area contributed by atoms with Crippen molar-refractivity contribution < 1.29 is 8.78 Å². The molecule has 17 heavy (non-hydrogen) atoms. The summed E-state index contributed by atoms with van der Waals surface area (Å²) in [6.07, 6.45) is 0. The minimum absolute atomic E-state index is 0.0184. The minimum atomic E-state index is -0.528. The molecule has 1 aromatic carbocycles. The second-order valence-electron chi connectivity index (χ2n) is 4.20. The van der Waals surface area contributed by atoms with Crippen LogP contribution in [0, 0.1) is 17.6 Å². The smallest absolute Gasteiger partial charge is 0.130 e. The Labute approximate surface area is 105 Å². The third-order valence-electron chi connectivity index (χ3n) is 2.56. The number of benzene rings is 1. The van der Waals surface area contributed by atoms with Gasteiger partial charge in [0.15, 0.2) is 0 Å². The summed E-state index contributed by atoms with van der Waals surface area (Å²) in [5, 5.41) is 0. The lowest BCUT2D eigenvalue weighted by Gasteiger charge is -2.21. The fraction of sp³-hybridized carbons (Fsp3) is 0.417. The average molecular weight is 258 g/mol. The highest BCUT2D eigenvalue weighted by atomic mass is 32.1. The van der Waals surface area contributed by atoms with Gasteiger partial charge < -0.3 is 10.6 Å². The maximum Gasteiger partial charge on any atom is 0.130 e. The lowest BCUT2D eigenvalue weighted by Crippen LogP contribution is -2.31. The Bertz CT molecular complexity index is 389. The first-order chi connectivity index (χ1) is 7.91. The summed E-state index contributed by atoms with van der Waals surface area (Å²) in [5.74, 6) is -1.04. The highest BCUT2D eigenvalue weighted by molar-refractivity contribution is 7.80. The van der Waals surface area contributed by atoms with Crippen LogP contribution in [-0.2, 0) is 6.54 Å². The molecule has 1 unspecified atom stereocenters. The molecular formula is C12H16F2N2S. The maximum absolute atomic E-state index is 13.4. The van der Waals surface area contributed by atoms with Crippen LogP contribution in [0.15, 0.2) is 18.2 Å². The predicted molar refractivity (Wildman–Crippen MR) is 68.6 cm³/mol. The normalized spacial score (nSPS) is 12.8. The summed E-state index contributed by atoms with van der Waals surface area (Å²) in [6.45, 7) is 2.66. The molecule has 0 amide bonds. The lowest BCUT2D eigenvalue weighted by atomic mass is 10.1. The Kier molecular flexibility index (Phi) is 4.96. The van der Waals surface area contributed by atoms with Crippen LogP contribution in [-0.4, -0.2) is 23.5 Å². The van der Waals surface area contributed by atoms with Crippen LogP contribution >= 0.6 is 12.2 Å². The van der Waals surface area contributed by atoms with E-state index in [0.717, 1.165) is 0 Å². The van der Waals surface area contributed by atoms with Crippen molar-refractivity contribution in [2.75, 3.05) is 13.6 Å². The molecule has 94 valence electrons. The van der Waals surface area contributed by atoms with Gasteiger partial charge in [0, 0.05) is 24.6 Å². The first-order valence-electron chi connectivity index (χ1n) is 5.32. The molecule has 0 fully saturated rings. The van der Waals surface area contributed by atoms with Crippen LogP contribution in [0.2, 0.25) is 0 Å². The van der Waals surface area contributed by atoms with Gasteiger partial charge >= 0.3 is 0 Å². The summed E-state index contributed by atoms with van der Waals surface area (Å²) < 4.78 is 26.8. The standard InChI is InChI=1S/C12H16F2N2S/c1-8(12(15)17)6-16(2)7-9-10(13)4-3-5-11(9)14/h3-5,8H,6-7H2,1-2H3,(H2,15,17). The number of hydrogen-bond donors (Lipinski definition) is 1. The van der Waals surface area contributed by atoms with Crippen molar-refractivity contribution >= 4 is 17.2 Å². The Morgan fingerprint density at radius 1 is 1.41 bits per heavy atom. The molecule has 0 bridgehead atoms. The summed E-state index contributed by atoms with van der Waals surface area (Å²) in [7, 11) is 1.78. The molecule has 0 heterocycles. The van der Waals surface area contributed by atoms with Gasteiger partial charge in [0.2, 0.25) is 0 Å². The van der Waals surface area contributed by atoms with E-state index in [2.05, 4.69) is 0 Å². The van der Waals surface area contributed by atoms with Gasteiger partial charge in [0.05, 0.1) is 4.99 Å². The Balaban J connectivity index is 2.68. The monoisotopic (exact) mass is 258 g/mol. The quantitative estimate of drug-likeness (QED) is 0.822. The van der Waals surface area contributed by atoms with Crippen LogP contribution in [0.25, 0.3) is 0 Å². The Morgan fingerprint density at radius 2 is 1.94 bits per heavy atom. The van der Waals surface area contributed by atoms with Gasteiger partial charge in [-0.15, -0.1) is 0 Å². The van der Waals surface area contributed by atoms with E-state index >= 15 is 0 Å². The molecule has 0 spiro atoms. The second kappa shape index (κ2) is 6.02. The molecule has 0 aliphatic rings. The van der Waals surface area contributed by atoms with Gasteiger partial charge in [0.1, 0.15) is 11.6 Å². The van der Waals surface area contributed by atoms with Gasteiger partial charge in [-0.05, 0) is 19.2 Å². The zero-order valence-electron chi connectivity index (χ0n) is 9.91. The highest BCUT2D eigenvalue weighted by Crippen LogP contribution is 2.14. The zero-order valence-corrected chi connectivity index (χ0v) is 10.7. The SMILES string of the molecule is CC(CN(C)Cc1c(F)cccc1F)C(N)=S. The van der Waals surface area contributed by atoms with E-state index in [1.165, 1.54) is 18.2 Å². The first-order valence-corrected chi connectivity index (χ1v) is 5.73. The van der Waals surface area contributed by atoms with Gasteiger partial charge in [-0.1, -0.05) is 25.2 Å². The van der Waals surface area contributed by atoms with Crippen molar-refractivity contribution in [2.45, 2.75) is 13.5 Å². The van der Waals surface area contributed by atoms with Crippen molar-refractivity contribution in [3.63, 3.8) is 0 Å². The average Bonchev–Trinajstić information content (AvgIpc) is 2.23. The minimum Gasteiger partial charge on any atom is -0.393 e. The first kappa shape index (κ1) is 14.0. The van der Waals surface area contributed by atoms with Crippen molar-refractivity contribution in [2.24, 2.45) is 11.7 Å². The number of hydrogen-bond acceptors (Lipinski definition) is 2. The number of halogens is 2. The molecule has 5 heteroatoms. The fourth-order valence-corrected chi connectivity index (χ4v) is 1.65. The summed E-state index contributed by atoms with van der Waals surface area (Å²) >= 11 is 4.86. The largest absolute Gasteiger partial charge is 0.393 e. The molecule has 0 saturated carbocycles. The number of thiocarbonyl (C=S) groups is 1. The molecule has 0 aliphatic heterocycles. The van der Waals surface area contributed by atoms with E-state index < -0.39 is 11.6 Å². The van der Waals surface area contributed by atoms with E-state index in [4.69, 9.17) is 18.0 Å². The molecule has 0 radical (unpaired) electrons. The number of rotatable bonds is 5. The molecular weight excluding hydrogens is 242 g/mol. The molecule has 0 aliphatic carbocycles. The Morgan fingerprint density at radius 3 is 2.41 bits per heavy atom. The topological polar surface area (TPSA) is 29.3 Å². The van der Waals surface area contributed by atoms with Crippen molar-refractivity contribution in [3.8, 4) is 0 Å². The van der Waals surface area contributed by atoms with Crippen LogP contribution in [0.1, 0.15) is 12.5 Å². The summed E-state index contributed by atoms with van der Waals surface area (Å²) in [6, 6.07) is 3.86. The third kappa shape index (κ3) is 4.02. The molecule has 1 aromatic rings. The lowest BCUT2D eigenvalue weighted by molar-refractivity contribution is 0.297. The zero-order chi connectivity index (χ0) is 13.0. The molecule has 1 rings (SSSR count). The van der Waals surface area contributed by atoms with E-state index in [0.29, 0.717) is 11.5 Å². The number of nitrogens with two attached hydrogens (primary N) is 1. The van der Waals surface area contributed by atoms with E-state index in [1.807, 2.05) is 6.92 Å². The van der Waals surface area contributed by atoms with Gasteiger partial charge in [-0.25, -0.2) is 8.78 Å². The second-order valence-corrected chi connectivity index (χ2v) is 4.67. The van der Waals surface area contributed by atoms with Crippen LogP contribution in [0.3, 0.4) is 0 Å². The summed E-state index contributed by atoms with van der Waals surface area (Å²) in [4.78, 5) is 2.21. The van der Waals surface area contributed by atoms with Gasteiger partial charge in [-0.2, -0.15) is 0 Å². The van der Waals surface area contributed by atoms with E-state index in [9.17, 15) is 8.78 Å². The van der Waals surface area contributed by atoms with Crippen molar-refractivity contribution in [1.29, 1.82) is 0 Å². The molecule has 0 aromatic heterocycles.